The molecule has 4 nitrogen and oxygen atoms in total. The van der Waals surface area contributed by atoms with Crippen LogP contribution in [0.2, 0.25) is 0 Å². The molecule has 0 aliphatic rings. The molecule has 0 unspecified atom stereocenters. The molecule has 0 aliphatic carbocycles. The van der Waals surface area contributed by atoms with Crippen LogP contribution < -0.4 is 5.32 Å². The van der Waals surface area contributed by atoms with Crippen LogP contribution in [-0.2, 0) is 4.74 Å². The highest BCUT2D eigenvalue weighted by molar-refractivity contribution is 5.84. The van der Waals surface area contributed by atoms with Crippen molar-refractivity contribution >= 4 is 11.8 Å². The molecule has 0 fully saturated rings. The van der Waals surface area contributed by atoms with E-state index in [2.05, 4.69) is 10.3 Å². The number of aryl methyl sites for hydroxylation is 1. The first-order valence-corrected chi connectivity index (χ1v) is 4.93. The summed E-state index contributed by atoms with van der Waals surface area (Å²) in [6, 6.07) is 1.84. The molecular weight excluding hydrogens is 192 g/mol. The van der Waals surface area contributed by atoms with Gasteiger partial charge in [-0.1, -0.05) is 13.8 Å². The molecule has 1 rings (SSSR count). The predicted molar refractivity (Wildman–Crippen MR) is 58.8 cm³/mol. The highest BCUT2D eigenvalue weighted by atomic mass is 16.5. The van der Waals surface area contributed by atoms with Gasteiger partial charge in [0.2, 0.25) is 0 Å². The summed E-state index contributed by atoms with van der Waals surface area (Å²) >= 11 is 0. The average Bonchev–Trinajstić information content (AvgIpc) is 2.15. The van der Waals surface area contributed by atoms with Crippen molar-refractivity contribution in [1.82, 2.24) is 4.98 Å². The fraction of sp³-hybridized carbons (Fsp3) is 0.455. The molecule has 4 heteroatoms. The number of amides is 1. The van der Waals surface area contributed by atoms with E-state index in [1.165, 1.54) is 0 Å². The highest BCUT2D eigenvalue weighted by Gasteiger charge is 2.04. The van der Waals surface area contributed by atoms with Crippen LogP contribution in [-0.4, -0.2) is 17.7 Å². The smallest absolute Gasteiger partial charge is 0.411 e. The third-order valence-corrected chi connectivity index (χ3v) is 1.67. The molecular formula is C11H16N2O2. The maximum Gasteiger partial charge on any atom is 0.411 e. The molecule has 0 bridgehead atoms. The van der Waals surface area contributed by atoms with Crippen molar-refractivity contribution in [1.29, 1.82) is 0 Å². The predicted octanol–water partition coefficient (Wildman–Crippen LogP) is 2.59. The number of hydrogen-bond acceptors (Lipinski definition) is 3. The lowest BCUT2D eigenvalue weighted by atomic mass is 10.2. The largest absolute Gasteiger partial charge is 0.449 e. The van der Waals surface area contributed by atoms with Crippen molar-refractivity contribution in [2.45, 2.75) is 20.8 Å². The third-order valence-electron chi connectivity index (χ3n) is 1.67. The first-order chi connectivity index (χ1) is 7.08. The summed E-state index contributed by atoms with van der Waals surface area (Å²) in [5.41, 5.74) is 1.65. The summed E-state index contributed by atoms with van der Waals surface area (Å²) < 4.78 is 4.97. The SMILES string of the molecule is Cc1cncc(NC(=O)OCC(C)C)c1. The van der Waals surface area contributed by atoms with Gasteiger partial charge in [-0.2, -0.15) is 0 Å². The molecule has 82 valence electrons. The van der Waals surface area contributed by atoms with E-state index in [1.807, 2.05) is 26.8 Å². The number of anilines is 1. The van der Waals surface area contributed by atoms with Gasteiger partial charge < -0.3 is 4.74 Å². The van der Waals surface area contributed by atoms with Crippen LogP contribution in [0.3, 0.4) is 0 Å². The molecule has 1 amide bonds. The Morgan fingerprint density at radius 2 is 2.27 bits per heavy atom. The van der Waals surface area contributed by atoms with Gasteiger partial charge in [-0.15, -0.1) is 0 Å². The number of carbonyl (C=O) groups excluding carboxylic acids is 1. The maximum atomic E-state index is 11.3. The van der Waals surface area contributed by atoms with Gasteiger partial charge in [-0.05, 0) is 24.5 Å². The van der Waals surface area contributed by atoms with Crippen LogP contribution in [0.5, 0.6) is 0 Å². The molecule has 0 radical (unpaired) electrons. The van der Waals surface area contributed by atoms with Crippen molar-refractivity contribution in [2.24, 2.45) is 5.92 Å². The minimum absolute atomic E-state index is 0.339. The summed E-state index contributed by atoms with van der Waals surface area (Å²) in [6.45, 7) is 6.31. The Morgan fingerprint density at radius 1 is 1.53 bits per heavy atom. The van der Waals surface area contributed by atoms with Crippen LogP contribution in [0, 0.1) is 12.8 Å². The van der Waals surface area contributed by atoms with Crippen molar-refractivity contribution < 1.29 is 9.53 Å². The van der Waals surface area contributed by atoms with E-state index in [4.69, 9.17) is 4.74 Å². The molecule has 1 heterocycles. The Bertz CT molecular complexity index is 337. The summed E-state index contributed by atoms with van der Waals surface area (Å²) in [5, 5.41) is 2.61. The van der Waals surface area contributed by atoms with Gasteiger partial charge in [-0.3, -0.25) is 10.3 Å². The van der Waals surface area contributed by atoms with Crippen molar-refractivity contribution in [3.63, 3.8) is 0 Å². The van der Waals surface area contributed by atoms with Crippen molar-refractivity contribution in [3.8, 4) is 0 Å². The van der Waals surface area contributed by atoms with E-state index in [0.29, 0.717) is 18.2 Å². The molecule has 0 aliphatic heterocycles. The number of nitrogens with zero attached hydrogens (tertiary/aromatic N) is 1. The average molecular weight is 208 g/mol. The molecule has 0 saturated carbocycles. The van der Waals surface area contributed by atoms with E-state index in [9.17, 15) is 4.79 Å². The van der Waals surface area contributed by atoms with Crippen LogP contribution in [0.4, 0.5) is 10.5 Å². The van der Waals surface area contributed by atoms with E-state index in [-0.39, 0.29) is 0 Å². The van der Waals surface area contributed by atoms with Gasteiger partial charge in [0.15, 0.2) is 0 Å². The lowest BCUT2D eigenvalue weighted by Gasteiger charge is -2.08. The Morgan fingerprint density at radius 3 is 2.87 bits per heavy atom. The number of pyridine rings is 1. The fourth-order valence-electron chi connectivity index (χ4n) is 1.02. The lowest BCUT2D eigenvalue weighted by Crippen LogP contribution is -2.16. The second-order valence-electron chi connectivity index (χ2n) is 3.87. The van der Waals surface area contributed by atoms with Crippen LogP contribution in [0.25, 0.3) is 0 Å². The first kappa shape index (κ1) is 11.5. The summed E-state index contributed by atoms with van der Waals surface area (Å²) in [7, 11) is 0. The Kier molecular flexibility index (Phi) is 4.09. The maximum absolute atomic E-state index is 11.3. The summed E-state index contributed by atoms with van der Waals surface area (Å²) in [6.07, 6.45) is 2.88. The number of hydrogen-bond donors (Lipinski definition) is 1. The third kappa shape index (κ3) is 4.44. The second-order valence-corrected chi connectivity index (χ2v) is 3.87. The van der Waals surface area contributed by atoms with E-state index >= 15 is 0 Å². The van der Waals surface area contributed by atoms with Gasteiger partial charge in [-0.25, -0.2) is 4.79 Å². The molecule has 0 saturated heterocycles. The molecule has 0 aromatic carbocycles. The zero-order chi connectivity index (χ0) is 11.3. The molecule has 15 heavy (non-hydrogen) atoms. The molecule has 0 atom stereocenters. The monoisotopic (exact) mass is 208 g/mol. The molecule has 1 N–H and O–H groups in total. The summed E-state index contributed by atoms with van der Waals surface area (Å²) in [5.74, 6) is 0.339. The van der Waals surface area contributed by atoms with E-state index in [0.717, 1.165) is 5.56 Å². The van der Waals surface area contributed by atoms with E-state index in [1.54, 1.807) is 12.4 Å². The lowest BCUT2D eigenvalue weighted by molar-refractivity contribution is 0.147. The standard InChI is InChI=1S/C11H16N2O2/c1-8(2)7-15-11(14)13-10-4-9(3)5-12-6-10/h4-6,8H,7H2,1-3H3,(H,13,14). The minimum atomic E-state index is -0.434. The molecule has 1 aromatic heterocycles. The normalized spacial score (nSPS) is 10.1. The first-order valence-electron chi connectivity index (χ1n) is 4.93. The molecule has 1 aromatic rings. The van der Waals surface area contributed by atoms with Gasteiger partial charge in [0.25, 0.3) is 0 Å². The zero-order valence-corrected chi connectivity index (χ0v) is 9.28. The Hall–Kier alpha value is -1.58. The topological polar surface area (TPSA) is 51.2 Å². The number of aromatic nitrogens is 1. The van der Waals surface area contributed by atoms with Crippen molar-refractivity contribution in [2.75, 3.05) is 11.9 Å². The number of rotatable bonds is 3. The number of carbonyl (C=O) groups is 1. The second kappa shape index (κ2) is 5.34. The Labute approximate surface area is 89.7 Å². The fourth-order valence-corrected chi connectivity index (χ4v) is 1.02. The van der Waals surface area contributed by atoms with Gasteiger partial charge in [0, 0.05) is 6.20 Å². The van der Waals surface area contributed by atoms with Gasteiger partial charge in [0.1, 0.15) is 0 Å². The van der Waals surface area contributed by atoms with Gasteiger partial charge >= 0.3 is 6.09 Å². The van der Waals surface area contributed by atoms with Crippen LogP contribution >= 0.6 is 0 Å². The number of ether oxygens (including phenoxy) is 1. The highest BCUT2D eigenvalue weighted by Crippen LogP contribution is 2.07. The van der Waals surface area contributed by atoms with Gasteiger partial charge in [0.05, 0.1) is 18.5 Å². The summed E-state index contributed by atoms with van der Waals surface area (Å²) in [4.78, 5) is 15.2. The quantitative estimate of drug-likeness (QED) is 0.830. The van der Waals surface area contributed by atoms with Crippen molar-refractivity contribution in [3.05, 3.63) is 24.0 Å². The Balaban J connectivity index is 2.44. The van der Waals surface area contributed by atoms with Crippen LogP contribution in [0.1, 0.15) is 19.4 Å². The zero-order valence-electron chi connectivity index (χ0n) is 9.28. The van der Waals surface area contributed by atoms with E-state index < -0.39 is 6.09 Å². The van der Waals surface area contributed by atoms with Crippen LogP contribution in [0.15, 0.2) is 18.5 Å². The minimum Gasteiger partial charge on any atom is -0.449 e. The number of nitrogens with one attached hydrogen (secondary N) is 1. The molecule has 0 spiro atoms.